The molecule has 3 aromatic rings. The lowest BCUT2D eigenvalue weighted by Crippen LogP contribution is -2.42. The molecule has 41 heavy (non-hydrogen) atoms. The smallest absolute Gasteiger partial charge is 0.459 e. The zero-order valence-corrected chi connectivity index (χ0v) is 22.7. The van der Waals surface area contributed by atoms with Gasteiger partial charge in [-0.1, -0.05) is 48.5 Å². The van der Waals surface area contributed by atoms with Crippen LogP contribution in [0.5, 0.6) is 5.75 Å². The summed E-state index contributed by atoms with van der Waals surface area (Å²) >= 11 is 0. The van der Waals surface area contributed by atoms with Crippen molar-refractivity contribution in [3.05, 3.63) is 99.1 Å². The van der Waals surface area contributed by atoms with E-state index in [1.165, 1.54) is 19.1 Å². The highest BCUT2D eigenvalue weighted by Gasteiger charge is 2.45. The first-order chi connectivity index (χ1) is 19.6. The van der Waals surface area contributed by atoms with Gasteiger partial charge in [0, 0.05) is 6.42 Å². The van der Waals surface area contributed by atoms with Crippen LogP contribution in [0.1, 0.15) is 25.1 Å². The molecule has 1 aromatic heterocycles. The van der Waals surface area contributed by atoms with Crippen LogP contribution in [0.15, 0.2) is 76.4 Å². The molecule has 0 bridgehead atoms. The van der Waals surface area contributed by atoms with E-state index in [0.717, 1.165) is 10.1 Å². The van der Waals surface area contributed by atoms with Gasteiger partial charge in [-0.05, 0) is 24.6 Å². The van der Waals surface area contributed by atoms with Crippen molar-refractivity contribution in [3.8, 4) is 5.75 Å². The van der Waals surface area contributed by atoms with Crippen molar-refractivity contribution >= 4 is 13.7 Å². The minimum Gasteiger partial charge on any atom is -0.460 e. The summed E-state index contributed by atoms with van der Waals surface area (Å²) in [6, 6.07) is 15.6. The summed E-state index contributed by atoms with van der Waals surface area (Å²) in [6.45, 7) is 0.504. The zero-order chi connectivity index (χ0) is 29.6. The number of aromatic nitrogens is 2. The number of aliphatic hydroxyl groups excluding tert-OH is 2. The van der Waals surface area contributed by atoms with Gasteiger partial charge in [0.25, 0.3) is 5.56 Å². The first kappa shape index (κ1) is 30.3. The fourth-order valence-corrected chi connectivity index (χ4v) is 5.75. The lowest BCUT2D eigenvalue weighted by molar-refractivity contribution is -0.146. The number of para-hydroxylation sites is 1. The van der Waals surface area contributed by atoms with E-state index >= 15 is 0 Å². The van der Waals surface area contributed by atoms with E-state index in [1.807, 2.05) is 6.07 Å². The summed E-state index contributed by atoms with van der Waals surface area (Å²) < 4.78 is 50.7. The van der Waals surface area contributed by atoms with Crippen molar-refractivity contribution in [1.82, 2.24) is 14.6 Å². The third-order valence-electron chi connectivity index (χ3n) is 6.09. The van der Waals surface area contributed by atoms with Gasteiger partial charge in [-0.15, -0.1) is 0 Å². The summed E-state index contributed by atoms with van der Waals surface area (Å²) in [5.41, 5.74) is -1.48. The van der Waals surface area contributed by atoms with Crippen LogP contribution in [0.4, 0.5) is 4.39 Å². The number of rotatable bonds is 12. The quantitative estimate of drug-likeness (QED) is 0.177. The van der Waals surface area contributed by atoms with Gasteiger partial charge in [-0.3, -0.25) is 23.7 Å². The molecule has 15 heteroatoms. The van der Waals surface area contributed by atoms with Gasteiger partial charge < -0.3 is 24.2 Å². The molecule has 0 saturated carbocycles. The van der Waals surface area contributed by atoms with E-state index in [0.29, 0.717) is 6.20 Å². The van der Waals surface area contributed by atoms with Crippen molar-refractivity contribution in [2.24, 2.45) is 0 Å². The van der Waals surface area contributed by atoms with E-state index in [2.05, 4.69) is 5.09 Å². The van der Waals surface area contributed by atoms with E-state index < -0.39 is 68.0 Å². The number of aromatic amines is 1. The third-order valence-corrected chi connectivity index (χ3v) is 7.79. The van der Waals surface area contributed by atoms with Gasteiger partial charge in [0.15, 0.2) is 0 Å². The summed E-state index contributed by atoms with van der Waals surface area (Å²) in [7, 11) is -4.49. The molecule has 1 fully saturated rings. The number of aliphatic hydroxyl groups is 2. The van der Waals surface area contributed by atoms with Crippen molar-refractivity contribution in [2.45, 2.75) is 50.5 Å². The number of halogens is 1. The van der Waals surface area contributed by atoms with Gasteiger partial charge in [-0.25, -0.2) is 9.36 Å². The number of carbonyl (C=O) groups is 1. The van der Waals surface area contributed by atoms with Gasteiger partial charge in [0.2, 0.25) is 5.82 Å². The number of H-pyrrole nitrogens is 1. The SMILES string of the molecule is C[C@H](N[P@@](=O)(Oc1ccccc1)O[C@H](CO)[C@H]1O[C@@H](n2cc(F)c(=O)[nH]c2=O)CC1O)C(=O)OCc1ccccc1. The number of carbonyl (C=O) groups excluding carboxylic acids is 1. The number of nitrogens with one attached hydrogen (secondary N) is 2. The number of hydrogen-bond acceptors (Lipinski definition) is 10. The second-order valence-corrected chi connectivity index (χ2v) is 10.8. The normalized spacial score (nSPS) is 21.5. The molecular weight excluding hydrogens is 564 g/mol. The van der Waals surface area contributed by atoms with Crippen LogP contribution in [0, 0.1) is 5.82 Å². The molecular formula is C26H29FN3O10P. The molecule has 0 aliphatic carbocycles. The van der Waals surface area contributed by atoms with Crippen LogP contribution in [0.3, 0.4) is 0 Å². The molecule has 13 nitrogen and oxygen atoms in total. The van der Waals surface area contributed by atoms with Gasteiger partial charge in [0.05, 0.1) is 18.9 Å². The lowest BCUT2D eigenvalue weighted by Gasteiger charge is -2.29. The topological polar surface area (TPSA) is 178 Å². The van der Waals surface area contributed by atoms with Crippen molar-refractivity contribution in [1.29, 1.82) is 0 Å². The molecule has 1 aliphatic heterocycles. The maximum Gasteiger partial charge on any atom is 0.459 e. The molecule has 4 rings (SSSR count). The van der Waals surface area contributed by atoms with Crippen LogP contribution in [0.2, 0.25) is 0 Å². The van der Waals surface area contributed by atoms with E-state index in [1.54, 1.807) is 47.4 Å². The summed E-state index contributed by atoms with van der Waals surface area (Å²) in [4.78, 5) is 38.0. The fraction of sp³-hybridized carbons (Fsp3) is 0.346. The standard InChI is InChI=1S/C26H29FN3O10P/c1-16(25(34)37-15-17-8-4-2-5-9-17)29-41(36,39-18-10-6-3-7-11-18)40-21(14-31)23-20(32)12-22(38-23)30-13-19(27)24(33)28-26(30)35/h2-11,13,16,20-23,31-32H,12,14-15H2,1H3,(H,29,36)(H,28,33,35)/t16-,20?,21+,22+,23-,41+/m0/s1. The minimum atomic E-state index is -4.49. The Morgan fingerprint density at radius 2 is 1.85 bits per heavy atom. The highest BCUT2D eigenvalue weighted by molar-refractivity contribution is 7.52. The molecule has 1 saturated heterocycles. The molecule has 0 radical (unpaired) electrons. The number of benzene rings is 2. The Morgan fingerprint density at radius 1 is 1.20 bits per heavy atom. The predicted octanol–water partition coefficient (Wildman–Crippen LogP) is 1.61. The molecule has 2 heterocycles. The predicted molar refractivity (Wildman–Crippen MR) is 141 cm³/mol. The second kappa shape index (κ2) is 13.3. The fourth-order valence-electron chi connectivity index (χ4n) is 4.07. The van der Waals surface area contributed by atoms with Crippen LogP contribution in [-0.4, -0.2) is 56.7 Å². The number of esters is 1. The molecule has 0 spiro atoms. The molecule has 4 N–H and O–H groups in total. The maximum absolute atomic E-state index is 13.9. The molecule has 2 aromatic carbocycles. The van der Waals surface area contributed by atoms with Crippen LogP contribution in [0.25, 0.3) is 0 Å². The molecule has 0 amide bonds. The number of nitrogens with zero attached hydrogens (tertiary/aromatic N) is 1. The first-order valence-electron chi connectivity index (χ1n) is 12.6. The van der Waals surface area contributed by atoms with Crippen molar-refractivity contribution in [3.63, 3.8) is 0 Å². The second-order valence-electron chi connectivity index (χ2n) is 9.17. The van der Waals surface area contributed by atoms with Crippen LogP contribution >= 0.6 is 7.75 Å². The molecule has 220 valence electrons. The van der Waals surface area contributed by atoms with Gasteiger partial charge in [0.1, 0.15) is 36.8 Å². The average molecular weight is 594 g/mol. The zero-order valence-electron chi connectivity index (χ0n) is 21.8. The van der Waals surface area contributed by atoms with E-state index in [9.17, 15) is 33.6 Å². The maximum atomic E-state index is 13.9. The van der Waals surface area contributed by atoms with Gasteiger partial charge >= 0.3 is 19.4 Å². The lowest BCUT2D eigenvalue weighted by atomic mass is 10.1. The minimum absolute atomic E-state index is 0.0378. The molecule has 6 atom stereocenters. The third kappa shape index (κ3) is 7.76. The Bertz CT molecular complexity index is 1490. The highest BCUT2D eigenvalue weighted by Crippen LogP contribution is 2.47. The summed E-state index contributed by atoms with van der Waals surface area (Å²) in [5.74, 6) is -1.92. The first-order valence-corrected chi connectivity index (χ1v) is 14.1. The van der Waals surface area contributed by atoms with Gasteiger partial charge in [-0.2, -0.15) is 9.48 Å². The Kier molecular flexibility index (Phi) is 9.86. The Labute approximate surface area is 233 Å². The largest absolute Gasteiger partial charge is 0.460 e. The Morgan fingerprint density at radius 3 is 2.51 bits per heavy atom. The summed E-state index contributed by atoms with van der Waals surface area (Å²) in [6.07, 6.45) is -5.13. The molecule has 1 aliphatic rings. The number of hydrogen-bond donors (Lipinski definition) is 4. The van der Waals surface area contributed by atoms with E-state index in [4.69, 9.17) is 18.5 Å². The van der Waals surface area contributed by atoms with Crippen LogP contribution in [-0.2, 0) is 30.0 Å². The monoisotopic (exact) mass is 593 g/mol. The van der Waals surface area contributed by atoms with Crippen molar-refractivity contribution in [2.75, 3.05) is 6.61 Å². The number of ether oxygens (including phenoxy) is 2. The molecule has 1 unspecified atom stereocenters. The van der Waals surface area contributed by atoms with Crippen LogP contribution < -0.4 is 20.9 Å². The highest BCUT2D eigenvalue weighted by atomic mass is 31.2. The van der Waals surface area contributed by atoms with E-state index in [-0.39, 0.29) is 18.8 Å². The Hall–Kier alpha value is -3.65. The Balaban J connectivity index is 1.51. The van der Waals surface area contributed by atoms with Crippen molar-refractivity contribution < 1.29 is 42.5 Å². The average Bonchev–Trinajstić information content (AvgIpc) is 3.34. The summed E-state index contributed by atoms with van der Waals surface area (Å²) in [5, 5.41) is 23.2.